The normalized spacial score (nSPS) is 10.0. The highest BCUT2D eigenvalue weighted by molar-refractivity contribution is 5.54. The molecule has 1 aromatic carbocycles. The zero-order valence-corrected chi connectivity index (χ0v) is 7.27. The highest BCUT2D eigenvalue weighted by atomic mass is 16.1. The van der Waals surface area contributed by atoms with Crippen LogP contribution in [0.2, 0.25) is 0 Å². The van der Waals surface area contributed by atoms with Gasteiger partial charge in [-0.2, -0.15) is 5.10 Å². The third kappa shape index (κ3) is 1.47. The summed E-state index contributed by atoms with van der Waals surface area (Å²) in [5, 5.41) is 6.05. The van der Waals surface area contributed by atoms with E-state index in [-0.39, 0.29) is 5.82 Å². The van der Waals surface area contributed by atoms with E-state index in [4.69, 9.17) is 5.73 Å². The maximum absolute atomic E-state index is 10.9. The Hall–Kier alpha value is -2.17. The number of aromatic nitrogens is 3. The van der Waals surface area contributed by atoms with Crippen LogP contribution in [0, 0.1) is 0 Å². The first-order chi connectivity index (χ1) is 6.77. The van der Waals surface area contributed by atoms with E-state index in [1.54, 1.807) is 0 Å². The summed E-state index contributed by atoms with van der Waals surface area (Å²) in [6.45, 7) is 0. The average Bonchev–Trinajstić information content (AvgIpc) is 2.23. The third-order valence-corrected chi connectivity index (χ3v) is 1.75. The molecule has 1 aromatic heterocycles. The molecule has 0 atom stereocenters. The van der Waals surface area contributed by atoms with E-state index in [0.717, 1.165) is 5.56 Å². The van der Waals surface area contributed by atoms with Gasteiger partial charge in [-0.15, -0.1) is 0 Å². The lowest BCUT2D eigenvalue weighted by atomic mass is 10.2. The number of nitrogen functional groups attached to an aromatic ring is 1. The maximum Gasteiger partial charge on any atom is 0.306 e. The minimum Gasteiger partial charge on any atom is -0.379 e. The Labute approximate surface area is 79.6 Å². The number of hydrogen-bond donors (Lipinski definition) is 2. The lowest BCUT2D eigenvalue weighted by Crippen LogP contribution is -2.16. The van der Waals surface area contributed by atoms with E-state index in [1.165, 1.54) is 0 Å². The van der Waals surface area contributed by atoms with Crippen LogP contribution in [0.15, 0.2) is 35.1 Å². The summed E-state index contributed by atoms with van der Waals surface area (Å²) in [6.07, 6.45) is 0. The van der Waals surface area contributed by atoms with Gasteiger partial charge in [-0.05, 0) is 0 Å². The molecule has 5 nitrogen and oxygen atoms in total. The fourth-order valence-electron chi connectivity index (χ4n) is 1.07. The largest absolute Gasteiger partial charge is 0.379 e. The predicted molar refractivity (Wildman–Crippen MR) is 52.5 cm³/mol. The van der Waals surface area contributed by atoms with Crippen LogP contribution in [0.1, 0.15) is 0 Å². The van der Waals surface area contributed by atoms with Crippen molar-refractivity contribution in [3.8, 4) is 11.4 Å². The number of anilines is 1. The van der Waals surface area contributed by atoms with Gasteiger partial charge < -0.3 is 5.73 Å². The van der Waals surface area contributed by atoms with Gasteiger partial charge in [0, 0.05) is 5.56 Å². The summed E-state index contributed by atoms with van der Waals surface area (Å²) in [5.74, 6) is 0.349. The molecule has 3 N–H and O–H groups in total. The minimum atomic E-state index is -0.468. The van der Waals surface area contributed by atoms with Crippen molar-refractivity contribution in [2.75, 3.05) is 5.73 Å². The number of benzene rings is 1. The van der Waals surface area contributed by atoms with E-state index >= 15 is 0 Å². The second-order valence-electron chi connectivity index (χ2n) is 2.74. The zero-order chi connectivity index (χ0) is 9.97. The Kier molecular flexibility index (Phi) is 1.98. The molecule has 5 heteroatoms. The minimum absolute atomic E-state index is 0.0705. The summed E-state index contributed by atoms with van der Waals surface area (Å²) >= 11 is 0. The van der Waals surface area contributed by atoms with E-state index < -0.39 is 5.56 Å². The first-order valence-electron chi connectivity index (χ1n) is 4.05. The van der Waals surface area contributed by atoms with E-state index in [0.29, 0.717) is 5.82 Å². The van der Waals surface area contributed by atoms with Gasteiger partial charge in [0.25, 0.3) is 0 Å². The van der Waals surface area contributed by atoms with Crippen LogP contribution in [-0.4, -0.2) is 15.2 Å². The van der Waals surface area contributed by atoms with Crippen molar-refractivity contribution in [1.29, 1.82) is 0 Å². The van der Waals surface area contributed by atoms with Crippen molar-refractivity contribution in [1.82, 2.24) is 15.2 Å². The van der Waals surface area contributed by atoms with Gasteiger partial charge >= 0.3 is 5.56 Å². The Morgan fingerprint density at radius 1 is 1.21 bits per heavy atom. The molecule has 0 amide bonds. The van der Waals surface area contributed by atoms with Crippen LogP contribution in [0.5, 0.6) is 0 Å². The molecule has 2 aromatic rings. The van der Waals surface area contributed by atoms with E-state index in [9.17, 15) is 4.79 Å². The van der Waals surface area contributed by atoms with Crippen LogP contribution < -0.4 is 11.3 Å². The third-order valence-electron chi connectivity index (χ3n) is 1.75. The fraction of sp³-hybridized carbons (Fsp3) is 0. The summed E-state index contributed by atoms with van der Waals surface area (Å²) < 4.78 is 0. The van der Waals surface area contributed by atoms with Gasteiger partial charge in [0.05, 0.1) is 0 Å². The summed E-state index contributed by atoms with van der Waals surface area (Å²) in [6, 6.07) is 9.29. The summed E-state index contributed by atoms with van der Waals surface area (Å²) in [7, 11) is 0. The number of nitrogens with one attached hydrogen (secondary N) is 1. The second-order valence-corrected chi connectivity index (χ2v) is 2.74. The number of H-pyrrole nitrogens is 1. The molecule has 0 radical (unpaired) electrons. The van der Waals surface area contributed by atoms with Crippen molar-refractivity contribution >= 4 is 5.82 Å². The van der Waals surface area contributed by atoms with Crippen molar-refractivity contribution in [2.24, 2.45) is 0 Å². The van der Waals surface area contributed by atoms with Crippen molar-refractivity contribution in [3.63, 3.8) is 0 Å². The van der Waals surface area contributed by atoms with Crippen LogP contribution in [-0.2, 0) is 0 Å². The van der Waals surface area contributed by atoms with Crippen LogP contribution in [0.3, 0.4) is 0 Å². The molecular formula is C9H8N4O. The fourth-order valence-corrected chi connectivity index (χ4v) is 1.07. The van der Waals surface area contributed by atoms with E-state index in [1.807, 2.05) is 30.3 Å². The molecule has 0 unspecified atom stereocenters. The standard InChI is InChI=1S/C9H8N4O/c10-7-9(14)13-12-8(11-7)6-4-2-1-3-5-6/h1-5H,(H,13,14)(H2,10,11,12). The molecule has 1 heterocycles. The van der Waals surface area contributed by atoms with Crippen LogP contribution >= 0.6 is 0 Å². The Morgan fingerprint density at radius 2 is 1.93 bits per heavy atom. The molecular weight excluding hydrogens is 180 g/mol. The first kappa shape index (κ1) is 8.43. The van der Waals surface area contributed by atoms with Crippen molar-refractivity contribution in [3.05, 3.63) is 40.7 Å². The van der Waals surface area contributed by atoms with Crippen molar-refractivity contribution < 1.29 is 0 Å². The van der Waals surface area contributed by atoms with E-state index in [2.05, 4.69) is 15.2 Å². The number of aromatic amines is 1. The topological polar surface area (TPSA) is 84.7 Å². The lowest BCUT2D eigenvalue weighted by molar-refractivity contribution is 0.949. The SMILES string of the molecule is Nc1nc(-c2ccccc2)n[nH]c1=O. The van der Waals surface area contributed by atoms with Gasteiger partial charge in [-0.1, -0.05) is 30.3 Å². The molecule has 0 aliphatic rings. The summed E-state index contributed by atoms with van der Waals surface area (Å²) in [5.41, 5.74) is 5.71. The molecule has 2 rings (SSSR count). The zero-order valence-electron chi connectivity index (χ0n) is 7.27. The van der Waals surface area contributed by atoms with Gasteiger partial charge in [-0.3, -0.25) is 4.79 Å². The smallest absolute Gasteiger partial charge is 0.306 e. The maximum atomic E-state index is 10.9. The lowest BCUT2D eigenvalue weighted by Gasteiger charge is -1.98. The Morgan fingerprint density at radius 3 is 2.57 bits per heavy atom. The van der Waals surface area contributed by atoms with Crippen LogP contribution in [0.25, 0.3) is 11.4 Å². The quantitative estimate of drug-likeness (QED) is 0.679. The number of rotatable bonds is 1. The predicted octanol–water partition coefficient (Wildman–Crippen LogP) is 0.414. The number of hydrogen-bond acceptors (Lipinski definition) is 4. The second kappa shape index (κ2) is 3.29. The highest BCUT2D eigenvalue weighted by Crippen LogP contribution is 2.11. The first-order valence-corrected chi connectivity index (χ1v) is 4.05. The average molecular weight is 188 g/mol. The molecule has 70 valence electrons. The van der Waals surface area contributed by atoms with Gasteiger partial charge in [0.2, 0.25) is 0 Å². The number of nitrogens with zero attached hydrogens (tertiary/aromatic N) is 2. The molecule has 0 fully saturated rings. The molecule has 0 bridgehead atoms. The number of nitrogens with two attached hydrogens (primary N) is 1. The van der Waals surface area contributed by atoms with Gasteiger partial charge in [0.15, 0.2) is 11.6 Å². The molecule has 0 saturated carbocycles. The molecule has 0 spiro atoms. The van der Waals surface area contributed by atoms with Crippen LogP contribution in [0.4, 0.5) is 5.82 Å². The van der Waals surface area contributed by atoms with Gasteiger partial charge in [-0.25, -0.2) is 10.1 Å². The molecule has 14 heavy (non-hydrogen) atoms. The molecule has 0 saturated heterocycles. The Bertz CT molecular complexity index is 492. The van der Waals surface area contributed by atoms with Crippen molar-refractivity contribution in [2.45, 2.75) is 0 Å². The molecule has 0 aliphatic heterocycles. The van der Waals surface area contributed by atoms with Gasteiger partial charge in [0.1, 0.15) is 0 Å². The monoisotopic (exact) mass is 188 g/mol. The Balaban J connectivity index is 2.54. The molecule has 0 aliphatic carbocycles. The summed E-state index contributed by atoms with van der Waals surface area (Å²) in [4.78, 5) is 14.8. The highest BCUT2D eigenvalue weighted by Gasteiger charge is 2.02.